The van der Waals surface area contributed by atoms with Crippen molar-refractivity contribution >= 4 is 33.0 Å². The van der Waals surface area contributed by atoms with Crippen LogP contribution in [0.15, 0.2) is 34.1 Å². The molecule has 0 spiro atoms. The number of ketones is 1. The fourth-order valence-corrected chi connectivity index (χ4v) is 2.79. The second-order valence-corrected chi connectivity index (χ2v) is 5.61. The predicted molar refractivity (Wildman–Crippen MR) is 74.3 cm³/mol. The number of benzene rings is 1. The summed E-state index contributed by atoms with van der Waals surface area (Å²) in [6.45, 7) is 1.61. The highest BCUT2D eigenvalue weighted by Gasteiger charge is 2.07. The van der Waals surface area contributed by atoms with Crippen molar-refractivity contribution in [1.82, 2.24) is 4.98 Å². The standard InChI is InChI=1S/C13H12BrNOS/c1-9(16)6-7-13-15-12(8-17-13)10-4-2-3-5-11(10)14/h2-5,8H,6-7H2,1H3. The molecule has 0 saturated carbocycles. The van der Waals surface area contributed by atoms with Crippen LogP contribution in [0.3, 0.4) is 0 Å². The smallest absolute Gasteiger partial charge is 0.130 e. The summed E-state index contributed by atoms with van der Waals surface area (Å²) in [6.07, 6.45) is 1.31. The number of halogens is 1. The number of carbonyl (C=O) groups is 1. The molecular weight excluding hydrogens is 298 g/mol. The van der Waals surface area contributed by atoms with Crippen LogP contribution in [0.25, 0.3) is 11.3 Å². The molecule has 1 aromatic heterocycles. The minimum absolute atomic E-state index is 0.211. The van der Waals surface area contributed by atoms with Gasteiger partial charge in [0.05, 0.1) is 10.7 Å². The zero-order valence-corrected chi connectivity index (χ0v) is 11.8. The molecule has 0 aliphatic heterocycles. The van der Waals surface area contributed by atoms with Crippen LogP contribution >= 0.6 is 27.3 Å². The number of carbonyl (C=O) groups excluding carboxylic acids is 1. The minimum Gasteiger partial charge on any atom is -0.300 e. The quantitative estimate of drug-likeness (QED) is 0.851. The highest BCUT2D eigenvalue weighted by Crippen LogP contribution is 2.29. The van der Waals surface area contributed by atoms with E-state index in [1.807, 2.05) is 29.6 Å². The van der Waals surface area contributed by atoms with E-state index >= 15 is 0 Å². The van der Waals surface area contributed by atoms with E-state index < -0.39 is 0 Å². The van der Waals surface area contributed by atoms with Gasteiger partial charge in [0.1, 0.15) is 5.78 Å². The van der Waals surface area contributed by atoms with Gasteiger partial charge in [-0.2, -0.15) is 0 Å². The summed E-state index contributed by atoms with van der Waals surface area (Å²) < 4.78 is 1.04. The lowest BCUT2D eigenvalue weighted by Crippen LogP contribution is -1.93. The summed E-state index contributed by atoms with van der Waals surface area (Å²) in [5.41, 5.74) is 2.07. The minimum atomic E-state index is 0.211. The average molecular weight is 310 g/mol. The molecule has 0 aliphatic rings. The first kappa shape index (κ1) is 12.5. The Morgan fingerprint density at radius 2 is 2.18 bits per heavy atom. The van der Waals surface area contributed by atoms with Crippen molar-refractivity contribution in [3.63, 3.8) is 0 Å². The average Bonchev–Trinajstić information content (AvgIpc) is 2.75. The molecule has 1 aromatic carbocycles. The summed E-state index contributed by atoms with van der Waals surface area (Å²) in [6, 6.07) is 8.02. The second kappa shape index (κ2) is 5.56. The van der Waals surface area contributed by atoms with E-state index in [0.29, 0.717) is 6.42 Å². The van der Waals surface area contributed by atoms with Crippen LogP contribution in [0.1, 0.15) is 18.4 Å². The lowest BCUT2D eigenvalue weighted by Gasteiger charge is -1.99. The second-order valence-electron chi connectivity index (χ2n) is 3.81. The van der Waals surface area contributed by atoms with Gasteiger partial charge in [-0.15, -0.1) is 11.3 Å². The molecule has 0 fully saturated rings. The zero-order valence-electron chi connectivity index (χ0n) is 9.44. The first-order valence-corrected chi connectivity index (χ1v) is 7.03. The van der Waals surface area contributed by atoms with Crippen molar-refractivity contribution in [3.8, 4) is 11.3 Å². The van der Waals surface area contributed by atoms with E-state index in [9.17, 15) is 4.79 Å². The molecule has 0 atom stereocenters. The molecule has 0 aliphatic carbocycles. The maximum atomic E-state index is 10.9. The molecule has 2 aromatic rings. The molecule has 4 heteroatoms. The number of aromatic nitrogens is 1. The SMILES string of the molecule is CC(=O)CCc1nc(-c2ccccc2Br)cs1. The maximum absolute atomic E-state index is 10.9. The topological polar surface area (TPSA) is 30.0 Å². The van der Waals surface area contributed by atoms with Gasteiger partial charge in [-0.1, -0.05) is 34.1 Å². The van der Waals surface area contributed by atoms with E-state index in [-0.39, 0.29) is 5.78 Å². The molecular formula is C13H12BrNOS. The highest BCUT2D eigenvalue weighted by atomic mass is 79.9. The normalized spacial score (nSPS) is 10.5. The Morgan fingerprint density at radius 3 is 2.88 bits per heavy atom. The Balaban J connectivity index is 2.18. The zero-order chi connectivity index (χ0) is 12.3. The van der Waals surface area contributed by atoms with E-state index in [0.717, 1.165) is 27.2 Å². The van der Waals surface area contributed by atoms with Crippen LogP contribution in [0.4, 0.5) is 0 Å². The number of hydrogen-bond acceptors (Lipinski definition) is 3. The summed E-state index contributed by atoms with van der Waals surface area (Å²) in [5.74, 6) is 0.211. The largest absolute Gasteiger partial charge is 0.300 e. The lowest BCUT2D eigenvalue weighted by atomic mass is 10.2. The van der Waals surface area contributed by atoms with Gasteiger partial charge in [0, 0.05) is 28.3 Å². The number of nitrogens with zero attached hydrogens (tertiary/aromatic N) is 1. The Morgan fingerprint density at radius 1 is 1.41 bits per heavy atom. The molecule has 0 unspecified atom stereocenters. The van der Waals surface area contributed by atoms with E-state index in [2.05, 4.69) is 20.9 Å². The highest BCUT2D eigenvalue weighted by molar-refractivity contribution is 9.10. The van der Waals surface area contributed by atoms with Gasteiger partial charge in [0.15, 0.2) is 0 Å². The molecule has 0 N–H and O–H groups in total. The first-order chi connectivity index (χ1) is 8.16. The van der Waals surface area contributed by atoms with Gasteiger partial charge in [-0.3, -0.25) is 0 Å². The van der Waals surface area contributed by atoms with Gasteiger partial charge in [0.25, 0.3) is 0 Å². The molecule has 17 heavy (non-hydrogen) atoms. The Hall–Kier alpha value is -1.000. The van der Waals surface area contributed by atoms with Gasteiger partial charge in [0.2, 0.25) is 0 Å². The summed E-state index contributed by atoms with van der Waals surface area (Å²) in [5, 5.41) is 3.06. The Bertz CT molecular complexity index is 536. The molecule has 0 bridgehead atoms. The first-order valence-electron chi connectivity index (χ1n) is 5.35. The van der Waals surface area contributed by atoms with Crippen molar-refractivity contribution in [1.29, 1.82) is 0 Å². The number of hydrogen-bond donors (Lipinski definition) is 0. The van der Waals surface area contributed by atoms with Crippen molar-refractivity contribution in [3.05, 3.63) is 39.1 Å². The third kappa shape index (κ3) is 3.23. The molecule has 0 radical (unpaired) electrons. The van der Waals surface area contributed by atoms with Crippen LogP contribution in [-0.4, -0.2) is 10.8 Å². The molecule has 0 saturated heterocycles. The molecule has 88 valence electrons. The number of aryl methyl sites for hydroxylation is 1. The fourth-order valence-electron chi connectivity index (χ4n) is 1.50. The molecule has 0 amide bonds. The van der Waals surface area contributed by atoms with Gasteiger partial charge >= 0.3 is 0 Å². The fraction of sp³-hybridized carbons (Fsp3) is 0.231. The van der Waals surface area contributed by atoms with Crippen molar-refractivity contribution < 1.29 is 4.79 Å². The lowest BCUT2D eigenvalue weighted by molar-refractivity contribution is -0.116. The van der Waals surface area contributed by atoms with E-state index in [4.69, 9.17) is 0 Å². The van der Waals surface area contributed by atoms with E-state index in [1.165, 1.54) is 0 Å². The third-order valence-electron chi connectivity index (χ3n) is 2.39. The van der Waals surface area contributed by atoms with Crippen molar-refractivity contribution in [2.75, 3.05) is 0 Å². The van der Waals surface area contributed by atoms with Gasteiger partial charge in [-0.25, -0.2) is 4.98 Å². The van der Waals surface area contributed by atoms with Crippen LogP contribution in [0, 0.1) is 0 Å². The van der Waals surface area contributed by atoms with Gasteiger partial charge < -0.3 is 4.79 Å². The summed E-state index contributed by atoms with van der Waals surface area (Å²) in [7, 11) is 0. The van der Waals surface area contributed by atoms with Crippen LogP contribution < -0.4 is 0 Å². The third-order valence-corrected chi connectivity index (χ3v) is 3.99. The van der Waals surface area contributed by atoms with Crippen LogP contribution in [-0.2, 0) is 11.2 Å². The maximum Gasteiger partial charge on any atom is 0.130 e. The van der Waals surface area contributed by atoms with Crippen LogP contribution in [0.2, 0.25) is 0 Å². The molecule has 2 nitrogen and oxygen atoms in total. The Labute approximate surface area is 113 Å². The number of thiazole rings is 1. The molecule has 2 rings (SSSR count). The van der Waals surface area contributed by atoms with Crippen LogP contribution in [0.5, 0.6) is 0 Å². The monoisotopic (exact) mass is 309 g/mol. The number of rotatable bonds is 4. The van der Waals surface area contributed by atoms with E-state index in [1.54, 1.807) is 18.3 Å². The van der Waals surface area contributed by atoms with Crippen molar-refractivity contribution in [2.24, 2.45) is 0 Å². The van der Waals surface area contributed by atoms with Gasteiger partial charge in [-0.05, 0) is 13.0 Å². The predicted octanol–water partition coefficient (Wildman–Crippen LogP) is 4.09. The molecule has 1 heterocycles. The summed E-state index contributed by atoms with van der Waals surface area (Å²) >= 11 is 5.13. The van der Waals surface area contributed by atoms with Crippen molar-refractivity contribution in [2.45, 2.75) is 19.8 Å². The Kier molecular flexibility index (Phi) is 4.07. The summed E-state index contributed by atoms with van der Waals surface area (Å²) in [4.78, 5) is 15.5. The number of Topliss-reactive ketones (excluding diaryl/α,β-unsaturated/α-hetero) is 1.